The zero-order valence-corrected chi connectivity index (χ0v) is 11.0. The van der Waals surface area contributed by atoms with Gasteiger partial charge in [-0.3, -0.25) is 0 Å². The van der Waals surface area contributed by atoms with Gasteiger partial charge in [0.2, 0.25) is 0 Å². The van der Waals surface area contributed by atoms with Crippen molar-refractivity contribution in [2.45, 2.75) is 33.6 Å². The molecule has 4 nitrogen and oxygen atoms in total. The number of fused-ring (bicyclic) bond motifs is 1. The molecule has 0 unspecified atom stereocenters. The quantitative estimate of drug-likeness (QED) is 0.844. The Morgan fingerprint density at radius 3 is 2.83 bits per heavy atom. The smallest absolute Gasteiger partial charge is 0.338 e. The van der Waals surface area contributed by atoms with E-state index in [-0.39, 0.29) is 5.97 Å². The van der Waals surface area contributed by atoms with Gasteiger partial charge in [0.25, 0.3) is 0 Å². The van der Waals surface area contributed by atoms with Gasteiger partial charge in [0.1, 0.15) is 5.82 Å². The van der Waals surface area contributed by atoms with Gasteiger partial charge in [0, 0.05) is 6.42 Å². The van der Waals surface area contributed by atoms with Gasteiger partial charge in [-0.05, 0) is 38.0 Å². The Balaban J connectivity index is 2.44. The molecule has 0 fully saturated rings. The molecule has 0 spiro atoms. The molecule has 0 aliphatic rings. The second-order valence-corrected chi connectivity index (χ2v) is 4.34. The molecule has 2 rings (SSSR count). The van der Waals surface area contributed by atoms with Crippen molar-refractivity contribution in [3.05, 3.63) is 29.1 Å². The number of hydrogen-bond donors (Lipinski definition) is 1. The van der Waals surface area contributed by atoms with Crippen LogP contribution >= 0.6 is 0 Å². The van der Waals surface area contributed by atoms with Crippen molar-refractivity contribution in [1.29, 1.82) is 0 Å². The molecule has 0 amide bonds. The second-order valence-electron chi connectivity index (χ2n) is 4.34. The number of hydrogen-bond acceptors (Lipinski definition) is 3. The molecule has 0 atom stereocenters. The van der Waals surface area contributed by atoms with Crippen LogP contribution in [0.2, 0.25) is 0 Å². The van der Waals surface area contributed by atoms with Crippen LogP contribution in [0.3, 0.4) is 0 Å². The summed E-state index contributed by atoms with van der Waals surface area (Å²) in [7, 11) is 0. The summed E-state index contributed by atoms with van der Waals surface area (Å²) in [5.74, 6) is 0.686. The highest BCUT2D eigenvalue weighted by atomic mass is 16.5. The molecule has 4 heteroatoms. The number of esters is 1. The molecule has 0 saturated heterocycles. The molecule has 1 aromatic carbocycles. The molecule has 0 radical (unpaired) electrons. The maximum atomic E-state index is 11.7. The van der Waals surface area contributed by atoms with E-state index in [1.807, 2.05) is 19.1 Å². The SMILES string of the molecule is CCCc1nc2c(C)cc(C(=O)OCC)cc2[nH]1. The maximum absolute atomic E-state index is 11.7. The minimum absolute atomic E-state index is 0.283. The molecule has 1 heterocycles. The zero-order valence-electron chi connectivity index (χ0n) is 11.0. The Bertz CT molecular complexity index is 572. The first-order chi connectivity index (χ1) is 8.65. The summed E-state index contributed by atoms with van der Waals surface area (Å²) in [6.45, 7) is 6.27. The van der Waals surface area contributed by atoms with E-state index in [0.29, 0.717) is 12.2 Å². The van der Waals surface area contributed by atoms with Crippen molar-refractivity contribution < 1.29 is 9.53 Å². The standard InChI is InChI=1S/C14H18N2O2/c1-4-6-12-15-11-8-10(14(17)18-5-2)7-9(3)13(11)16-12/h7-8H,4-6H2,1-3H3,(H,15,16). The summed E-state index contributed by atoms with van der Waals surface area (Å²) < 4.78 is 5.01. The number of benzene rings is 1. The number of aromatic amines is 1. The number of nitrogens with zero attached hydrogens (tertiary/aromatic N) is 1. The van der Waals surface area contributed by atoms with Crippen molar-refractivity contribution in [1.82, 2.24) is 9.97 Å². The monoisotopic (exact) mass is 246 g/mol. The number of rotatable bonds is 4. The fraction of sp³-hybridized carbons (Fsp3) is 0.429. The maximum Gasteiger partial charge on any atom is 0.338 e. The molecule has 0 aliphatic heterocycles. The third-order valence-electron chi connectivity index (χ3n) is 2.82. The Morgan fingerprint density at radius 1 is 1.39 bits per heavy atom. The van der Waals surface area contributed by atoms with E-state index in [1.165, 1.54) is 0 Å². The van der Waals surface area contributed by atoms with Crippen LogP contribution in [0.15, 0.2) is 12.1 Å². The molecular formula is C14H18N2O2. The first-order valence-corrected chi connectivity index (χ1v) is 6.32. The van der Waals surface area contributed by atoms with Gasteiger partial charge >= 0.3 is 5.97 Å². The average molecular weight is 246 g/mol. The highest BCUT2D eigenvalue weighted by Gasteiger charge is 2.12. The third-order valence-corrected chi connectivity index (χ3v) is 2.82. The first-order valence-electron chi connectivity index (χ1n) is 6.32. The lowest BCUT2D eigenvalue weighted by molar-refractivity contribution is 0.0526. The largest absolute Gasteiger partial charge is 0.462 e. The Hall–Kier alpha value is -1.84. The predicted molar refractivity (Wildman–Crippen MR) is 70.8 cm³/mol. The lowest BCUT2D eigenvalue weighted by Crippen LogP contribution is -2.04. The van der Waals surface area contributed by atoms with E-state index in [0.717, 1.165) is 35.3 Å². The van der Waals surface area contributed by atoms with Crippen LogP contribution in [0.25, 0.3) is 11.0 Å². The molecule has 18 heavy (non-hydrogen) atoms. The van der Waals surface area contributed by atoms with Crippen molar-refractivity contribution >= 4 is 17.0 Å². The number of carbonyl (C=O) groups excluding carboxylic acids is 1. The van der Waals surface area contributed by atoms with Gasteiger partial charge in [0.15, 0.2) is 0 Å². The van der Waals surface area contributed by atoms with Crippen LogP contribution in [0.5, 0.6) is 0 Å². The van der Waals surface area contributed by atoms with Gasteiger partial charge in [0.05, 0.1) is 23.2 Å². The van der Waals surface area contributed by atoms with E-state index in [1.54, 1.807) is 6.92 Å². The number of ether oxygens (including phenoxy) is 1. The number of H-pyrrole nitrogens is 1. The Morgan fingerprint density at radius 2 is 2.17 bits per heavy atom. The van der Waals surface area contributed by atoms with E-state index in [9.17, 15) is 4.79 Å². The van der Waals surface area contributed by atoms with Crippen LogP contribution in [0, 0.1) is 6.92 Å². The first kappa shape index (κ1) is 12.6. The Labute approximate surface area is 106 Å². The van der Waals surface area contributed by atoms with Crippen LogP contribution in [-0.4, -0.2) is 22.5 Å². The predicted octanol–water partition coefficient (Wildman–Crippen LogP) is 3.00. The Kier molecular flexibility index (Phi) is 3.65. The lowest BCUT2D eigenvalue weighted by atomic mass is 10.1. The molecular weight excluding hydrogens is 228 g/mol. The minimum Gasteiger partial charge on any atom is -0.462 e. The fourth-order valence-corrected chi connectivity index (χ4v) is 2.03. The number of aryl methyl sites for hydroxylation is 2. The molecule has 96 valence electrons. The number of carbonyl (C=O) groups is 1. The summed E-state index contributed by atoms with van der Waals surface area (Å²) in [5, 5.41) is 0. The van der Waals surface area contributed by atoms with Crippen molar-refractivity contribution in [2.24, 2.45) is 0 Å². The van der Waals surface area contributed by atoms with Gasteiger partial charge in [-0.25, -0.2) is 9.78 Å². The van der Waals surface area contributed by atoms with Gasteiger partial charge in [-0.1, -0.05) is 6.92 Å². The molecule has 2 aromatic rings. The number of aromatic nitrogens is 2. The lowest BCUT2D eigenvalue weighted by Gasteiger charge is -2.03. The van der Waals surface area contributed by atoms with Gasteiger partial charge in [-0.2, -0.15) is 0 Å². The van der Waals surface area contributed by atoms with E-state index >= 15 is 0 Å². The normalized spacial score (nSPS) is 10.8. The molecule has 1 N–H and O–H groups in total. The fourth-order valence-electron chi connectivity index (χ4n) is 2.03. The van der Waals surface area contributed by atoms with Gasteiger partial charge < -0.3 is 9.72 Å². The summed E-state index contributed by atoms with van der Waals surface area (Å²) in [5.41, 5.74) is 3.41. The average Bonchev–Trinajstić information content (AvgIpc) is 2.73. The number of nitrogens with one attached hydrogen (secondary N) is 1. The van der Waals surface area contributed by atoms with E-state index in [2.05, 4.69) is 16.9 Å². The highest BCUT2D eigenvalue weighted by Crippen LogP contribution is 2.19. The number of imidazole rings is 1. The van der Waals surface area contributed by atoms with Crippen LogP contribution < -0.4 is 0 Å². The summed E-state index contributed by atoms with van der Waals surface area (Å²) >= 11 is 0. The molecule has 0 bridgehead atoms. The van der Waals surface area contributed by atoms with Crippen molar-refractivity contribution in [2.75, 3.05) is 6.61 Å². The summed E-state index contributed by atoms with van der Waals surface area (Å²) in [6.07, 6.45) is 1.96. The van der Waals surface area contributed by atoms with E-state index < -0.39 is 0 Å². The minimum atomic E-state index is -0.283. The molecule has 0 saturated carbocycles. The van der Waals surface area contributed by atoms with Crippen molar-refractivity contribution in [3.8, 4) is 0 Å². The zero-order chi connectivity index (χ0) is 13.1. The van der Waals surface area contributed by atoms with E-state index in [4.69, 9.17) is 4.74 Å². The summed E-state index contributed by atoms with van der Waals surface area (Å²) in [6, 6.07) is 3.64. The van der Waals surface area contributed by atoms with Crippen LogP contribution in [0.1, 0.15) is 42.0 Å². The second kappa shape index (κ2) is 5.21. The van der Waals surface area contributed by atoms with Crippen LogP contribution in [0.4, 0.5) is 0 Å². The topological polar surface area (TPSA) is 55.0 Å². The third kappa shape index (κ3) is 2.37. The molecule has 1 aromatic heterocycles. The highest BCUT2D eigenvalue weighted by molar-refractivity contribution is 5.94. The van der Waals surface area contributed by atoms with Gasteiger partial charge in [-0.15, -0.1) is 0 Å². The van der Waals surface area contributed by atoms with Crippen molar-refractivity contribution in [3.63, 3.8) is 0 Å². The summed E-state index contributed by atoms with van der Waals surface area (Å²) in [4.78, 5) is 19.5. The van der Waals surface area contributed by atoms with Crippen LogP contribution in [-0.2, 0) is 11.2 Å². The molecule has 0 aliphatic carbocycles.